The van der Waals surface area contributed by atoms with E-state index in [1.807, 2.05) is 0 Å². The molecule has 0 radical (unpaired) electrons. The smallest absolute Gasteiger partial charge is 0.328 e. The summed E-state index contributed by atoms with van der Waals surface area (Å²) in [5, 5.41) is 8.31. The van der Waals surface area contributed by atoms with E-state index in [1.54, 1.807) is 18.2 Å². The molecule has 90 valence electrons. The fourth-order valence-electron chi connectivity index (χ4n) is 1.12. The van der Waals surface area contributed by atoms with Crippen LogP contribution in [0.25, 0.3) is 0 Å². The molecule has 0 unspecified atom stereocenters. The molecule has 0 fully saturated rings. The van der Waals surface area contributed by atoms with Crippen molar-refractivity contribution in [3.63, 3.8) is 0 Å². The van der Waals surface area contributed by atoms with Crippen LogP contribution in [0.4, 0.5) is 0 Å². The summed E-state index contributed by atoms with van der Waals surface area (Å²) >= 11 is 0. The van der Waals surface area contributed by atoms with Gasteiger partial charge in [0, 0.05) is 6.08 Å². The summed E-state index contributed by atoms with van der Waals surface area (Å²) in [6, 6.07) is 8.10. The van der Waals surface area contributed by atoms with E-state index in [-0.39, 0.29) is 10.6 Å². The van der Waals surface area contributed by atoms with Crippen LogP contribution in [-0.4, -0.2) is 25.2 Å². The Kier molecular flexibility index (Phi) is 4.66. The van der Waals surface area contributed by atoms with Crippen molar-refractivity contribution in [1.82, 2.24) is 0 Å². The molecule has 1 rings (SSSR count). The molecule has 0 aromatic heterocycles. The summed E-state index contributed by atoms with van der Waals surface area (Å²) in [5.74, 6) is -1.22. The molecule has 0 aliphatic rings. The lowest BCUT2D eigenvalue weighted by Gasteiger charge is -1.99. The van der Waals surface area contributed by atoms with Gasteiger partial charge < -0.3 is 5.11 Å². The quantitative estimate of drug-likeness (QED) is 0.639. The summed E-state index contributed by atoms with van der Waals surface area (Å²) in [6.07, 6.45) is 5.02. The van der Waals surface area contributed by atoms with Crippen LogP contribution in [0.5, 0.6) is 0 Å². The molecule has 0 saturated heterocycles. The van der Waals surface area contributed by atoms with Crippen LogP contribution in [-0.2, 0) is 14.6 Å². The highest BCUT2D eigenvalue weighted by Crippen LogP contribution is 2.09. The molecule has 0 aliphatic heterocycles. The Morgan fingerprint density at radius 3 is 2.41 bits per heavy atom. The number of aliphatic carboxylic acids is 1. The van der Waals surface area contributed by atoms with Gasteiger partial charge in [0.2, 0.25) is 0 Å². The highest BCUT2D eigenvalue weighted by atomic mass is 32.2. The molecule has 0 bridgehead atoms. The Morgan fingerprint density at radius 1 is 1.18 bits per heavy atom. The Bertz CT molecular complexity index is 527. The zero-order chi connectivity index (χ0) is 12.7. The van der Waals surface area contributed by atoms with Gasteiger partial charge in [-0.2, -0.15) is 0 Å². The van der Waals surface area contributed by atoms with Crippen LogP contribution < -0.4 is 0 Å². The molecule has 0 saturated carbocycles. The molecule has 0 amide bonds. The average molecular weight is 252 g/mol. The van der Waals surface area contributed by atoms with Gasteiger partial charge in [0.1, 0.15) is 0 Å². The average Bonchev–Trinajstić information content (AvgIpc) is 2.29. The van der Waals surface area contributed by atoms with Gasteiger partial charge in [0.05, 0.1) is 10.6 Å². The molecule has 1 N–H and O–H groups in total. The van der Waals surface area contributed by atoms with Gasteiger partial charge in [-0.05, 0) is 12.1 Å². The van der Waals surface area contributed by atoms with Crippen LogP contribution in [0.1, 0.15) is 0 Å². The Balaban J connectivity index is 2.66. The maximum absolute atomic E-state index is 11.7. The first kappa shape index (κ1) is 13.2. The summed E-state index contributed by atoms with van der Waals surface area (Å²) in [6.45, 7) is 0. The fourth-order valence-corrected chi connectivity index (χ4v) is 2.25. The van der Waals surface area contributed by atoms with Gasteiger partial charge in [0.25, 0.3) is 0 Å². The number of sulfone groups is 1. The maximum Gasteiger partial charge on any atom is 0.328 e. The lowest BCUT2D eigenvalue weighted by atomic mass is 10.4. The third-order valence-electron chi connectivity index (χ3n) is 1.90. The molecule has 4 nitrogen and oxygen atoms in total. The van der Waals surface area contributed by atoms with E-state index in [0.717, 1.165) is 6.08 Å². The Hall–Kier alpha value is -1.88. The molecule has 1 aromatic rings. The second kappa shape index (κ2) is 6.00. The highest BCUT2D eigenvalue weighted by Gasteiger charge is 2.10. The van der Waals surface area contributed by atoms with E-state index in [4.69, 9.17) is 5.11 Å². The van der Waals surface area contributed by atoms with E-state index < -0.39 is 15.8 Å². The van der Waals surface area contributed by atoms with Crippen molar-refractivity contribution in [3.8, 4) is 0 Å². The number of carbonyl (C=O) groups is 1. The van der Waals surface area contributed by atoms with Gasteiger partial charge in [-0.3, -0.25) is 0 Å². The first-order valence-electron chi connectivity index (χ1n) is 4.86. The third kappa shape index (κ3) is 4.65. The lowest BCUT2D eigenvalue weighted by Crippen LogP contribution is -2.04. The number of carboxylic acid groups (broad SMARTS) is 1. The van der Waals surface area contributed by atoms with Crippen molar-refractivity contribution in [2.75, 3.05) is 5.75 Å². The minimum Gasteiger partial charge on any atom is -0.478 e. The highest BCUT2D eigenvalue weighted by molar-refractivity contribution is 7.91. The normalized spacial score (nSPS) is 12.2. The van der Waals surface area contributed by atoms with Crippen molar-refractivity contribution in [1.29, 1.82) is 0 Å². The monoisotopic (exact) mass is 252 g/mol. The largest absolute Gasteiger partial charge is 0.478 e. The van der Waals surface area contributed by atoms with Crippen LogP contribution in [0.3, 0.4) is 0 Å². The van der Waals surface area contributed by atoms with E-state index >= 15 is 0 Å². The Labute approximate surface area is 99.8 Å². The van der Waals surface area contributed by atoms with E-state index in [2.05, 4.69) is 0 Å². The zero-order valence-corrected chi connectivity index (χ0v) is 9.80. The van der Waals surface area contributed by atoms with Crippen molar-refractivity contribution in [2.45, 2.75) is 4.90 Å². The summed E-state index contributed by atoms with van der Waals surface area (Å²) in [5.41, 5.74) is 0. The number of hydrogen-bond acceptors (Lipinski definition) is 3. The Morgan fingerprint density at radius 2 is 1.82 bits per heavy atom. The van der Waals surface area contributed by atoms with Gasteiger partial charge in [-0.1, -0.05) is 36.4 Å². The van der Waals surface area contributed by atoms with E-state index in [9.17, 15) is 13.2 Å². The van der Waals surface area contributed by atoms with Crippen LogP contribution in [0, 0.1) is 0 Å². The summed E-state index contributed by atoms with van der Waals surface area (Å²) in [4.78, 5) is 10.4. The molecule has 0 atom stereocenters. The fraction of sp³-hybridized carbons (Fsp3) is 0.0833. The third-order valence-corrected chi connectivity index (χ3v) is 3.53. The second-order valence-electron chi connectivity index (χ2n) is 3.22. The molecule has 0 aliphatic carbocycles. The number of carboxylic acids is 1. The number of rotatable bonds is 5. The standard InChI is InChI=1S/C12H12O4S/c13-12(14)9-5-2-6-10-17(15,16)11-7-3-1-4-8-11/h1-9H,10H2,(H,13,14). The summed E-state index contributed by atoms with van der Waals surface area (Å²) < 4.78 is 23.5. The van der Waals surface area contributed by atoms with Crippen LogP contribution >= 0.6 is 0 Å². The molecule has 0 heterocycles. The van der Waals surface area contributed by atoms with Crippen molar-refractivity contribution < 1.29 is 18.3 Å². The number of benzene rings is 1. The predicted molar refractivity (Wildman–Crippen MR) is 64.4 cm³/mol. The topological polar surface area (TPSA) is 71.4 Å². The van der Waals surface area contributed by atoms with Crippen molar-refractivity contribution in [2.24, 2.45) is 0 Å². The first-order chi connectivity index (χ1) is 8.02. The summed E-state index contributed by atoms with van der Waals surface area (Å²) in [7, 11) is -3.33. The first-order valence-corrected chi connectivity index (χ1v) is 6.51. The van der Waals surface area contributed by atoms with Gasteiger partial charge >= 0.3 is 5.97 Å². The zero-order valence-electron chi connectivity index (χ0n) is 8.98. The number of allylic oxidation sites excluding steroid dienone is 2. The minimum absolute atomic E-state index is 0.152. The van der Waals surface area contributed by atoms with Crippen LogP contribution in [0.15, 0.2) is 59.5 Å². The van der Waals surface area contributed by atoms with E-state index in [1.165, 1.54) is 30.4 Å². The molecule has 5 heteroatoms. The van der Waals surface area contributed by atoms with E-state index in [0.29, 0.717) is 0 Å². The molecular weight excluding hydrogens is 240 g/mol. The van der Waals surface area contributed by atoms with Crippen molar-refractivity contribution >= 4 is 15.8 Å². The van der Waals surface area contributed by atoms with Gasteiger partial charge in [-0.25, -0.2) is 13.2 Å². The minimum atomic E-state index is -3.33. The predicted octanol–water partition coefficient (Wildman–Crippen LogP) is 1.66. The molecular formula is C12H12O4S. The maximum atomic E-state index is 11.7. The van der Waals surface area contributed by atoms with Crippen LogP contribution in [0.2, 0.25) is 0 Å². The molecule has 0 spiro atoms. The second-order valence-corrected chi connectivity index (χ2v) is 5.25. The van der Waals surface area contributed by atoms with Crippen molar-refractivity contribution in [3.05, 3.63) is 54.6 Å². The van der Waals surface area contributed by atoms with Gasteiger partial charge in [-0.15, -0.1) is 0 Å². The van der Waals surface area contributed by atoms with Gasteiger partial charge in [0.15, 0.2) is 9.84 Å². The SMILES string of the molecule is O=C(O)C=CC=CCS(=O)(=O)c1ccccc1. The molecule has 17 heavy (non-hydrogen) atoms. The lowest BCUT2D eigenvalue weighted by molar-refractivity contribution is -0.131. The molecule has 1 aromatic carbocycles. The number of hydrogen-bond donors (Lipinski definition) is 1.